The molecule has 7 heteroatoms. The molecule has 14 aromatic rings. The molecule has 0 spiro atoms. The first kappa shape index (κ1) is 71.2. The van der Waals surface area contributed by atoms with Crippen molar-refractivity contribution in [1.29, 1.82) is 0 Å². The second-order valence-electron chi connectivity index (χ2n) is 23.0. The first-order valence-corrected chi connectivity index (χ1v) is 37.3. The second-order valence-corrected chi connectivity index (χ2v) is 31.9. The molecule has 0 radical (unpaired) electrons. The maximum Gasteiger partial charge on any atom is 0.336 e. The zero-order valence-electron chi connectivity index (χ0n) is 54.2. The van der Waals surface area contributed by atoms with Gasteiger partial charge >= 0.3 is 5.97 Å². The molecule has 0 unspecified atom stereocenters. The summed E-state index contributed by atoms with van der Waals surface area (Å²) in [4.78, 5) is 11.2. The van der Waals surface area contributed by atoms with Gasteiger partial charge in [0.1, 0.15) is 0 Å². The molecule has 0 aliphatic heterocycles. The summed E-state index contributed by atoms with van der Waals surface area (Å²) in [5.74, 6) is -0.893. The molecule has 0 atom stereocenters. The predicted molar refractivity (Wildman–Crippen MR) is 418 cm³/mol. The van der Waals surface area contributed by atoms with E-state index in [-0.39, 0.29) is 25.8 Å². The van der Waals surface area contributed by atoms with Crippen molar-refractivity contribution in [3.05, 3.63) is 424 Å². The van der Waals surface area contributed by atoms with Crippen molar-refractivity contribution in [3.8, 4) is 11.1 Å². The van der Waals surface area contributed by atoms with Crippen LogP contribution in [-0.4, -0.2) is 11.1 Å². The van der Waals surface area contributed by atoms with Crippen molar-refractivity contribution in [2.45, 2.75) is 26.2 Å². The van der Waals surface area contributed by atoms with Crippen molar-refractivity contribution in [3.63, 3.8) is 0 Å². The van der Waals surface area contributed by atoms with Crippen LogP contribution in [0.25, 0.3) is 11.1 Å². The van der Waals surface area contributed by atoms with Gasteiger partial charge in [0.05, 0.1) is 5.56 Å². The van der Waals surface area contributed by atoms with Crippen LogP contribution < -0.4 is 63.7 Å². The van der Waals surface area contributed by atoms with Gasteiger partial charge in [0.15, 0.2) is 0 Å². The Labute approximate surface area is 588 Å². The van der Waals surface area contributed by atoms with E-state index in [9.17, 15) is 9.90 Å². The van der Waals surface area contributed by atoms with Crippen molar-refractivity contribution in [2.75, 3.05) is 0 Å². The monoisotopic (exact) mass is 1410 g/mol. The zero-order chi connectivity index (χ0) is 65.7. The summed E-state index contributed by atoms with van der Waals surface area (Å²) < 4.78 is 0. The van der Waals surface area contributed by atoms with Gasteiger partial charge in [0, 0.05) is 20.4 Å². The average Bonchev–Trinajstić information content (AvgIpc) is 0.908. The van der Waals surface area contributed by atoms with E-state index in [0.717, 1.165) is 11.1 Å². The fourth-order valence-electron chi connectivity index (χ4n) is 10.8. The molecule has 1 N–H and O–H groups in total. The molecule has 0 amide bonds. The van der Waals surface area contributed by atoms with E-state index in [0.29, 0.717) is 5.56 Å². The number of carbonyl (C=O) groups is 1. The molecule has 0 fully saturated rings. The van der Waals surface area contributed by atoms with Crippen LogP contribution in [0.4, 0.5) is 0 Å². The first-order chi connectivity index (χ1) is 46.7. The Kier molecular flexibility index (Phi) is 28.1. The van der Waals surface area contributed by atoms with Crippen LogP contribution in [0, 0.1) is 0 Å². The van der Waals surface area contributed by atoms with E-state index in [2.05, 4.69) is 397 Å². The smallest absolute Gasteiger partial charge is 0.336 e. The minimum atomic E-state index is -0.893. The Hall–Kier alpha value is -9.07. The largest absolute Gasteiger partial charge is 0.478 e. The Morgan fingerprint density at radius 3 is 0.542 bits per heavy atom. The molecule has 0 heterocycles. The van der Waals surface area contributed by atoms with E-state index in [1.165, 1.54) is 69.2 Å². The minimum absolute atomic E-state index is 0. The molecular weight excluding hydrogens is 1330 g/mol. The third kappa shape index (κ3) is 20.7. The summed E-state index contributed by atoms with van der Waals surface area (Å²) in [6.45, 7) is 6.48. The van der Waals surface area contributed by atoms with E-state index in [1.807, 2.05) is 24.3 Å². The minimum Gasteiger partial charge on any atom is -0.478 e. The molecule has 0 aromatic heterocycles. The quantitative estimate of drug-likeness (QED) is 0.0870. The van der Waals surface area contributed by atoms with Crippen molar-refractivity contribution in [2.24, 2.45) is 0 Å². The van der Waals surface area contributed by atoms with Crippen molar-refractivity contribution in [1.82, 2.24) is 0 Å². The summed E-state index contributed by atoms with van der Waals surface area (Å²) in [7, 11) is -1.78. The predicted octanol–water partition coefficient (Wildman–Crippen LogP) is 18.1. The van der Waals surface area contributed by atoms with Crippen LogP contribution in [0.15, 0.2) is 413 Å². The van der Waals surface area contributed by atoms with E-state index in [1.54, 1.807) is 12.1 Å². The van der Waals surface area contributed by atoms with E-state index >= 15 is 0 Å². The van der Waals surface area contributed by atoms with Gasteiger partial charge in [-0.3, -0.25) is 0 Å². The summed E-state index contributed by atoms with van der Waals surface area (Å²) in [5.41, 5.74) is 3.38. The van der Waals surface area contributed by atoms with E-state index in [4.69, 9.17) is 0 Å². The SMILES string of the molecule is CC(C)(C)c1ccc(-c2ccccc2C(=O)O)cc1.[Pd].c1ccc(P(c2ccccc2)c2ccccc2)cc1.c1ccc(P(c2ccccc2)c2ccccc2)cc1.c1ccc(P(c2ccccc2)c2ccccc2)cc1.c1ccc(P(c2ccccc2)c2ccccc2)cc1. The third-order valence-electron chi connectivity index (χ3n) is 15.4. The van der Waals surface area contributed by atoms with Gasteiger partial charge in [-0.2, -0.15) is 0 Å². The molecule has 0 aliphatic carbocycles. The fraction of sp³-hybridized carbons (Fsp3) is 0.0449. The van der Waals surface area contributed by atoms with Crippen LogP contribution in [0.2, 0.25) is 0 Å². The van der Waals surface area contributed by atoms with Gasteiger partial charge in [-0.25, -0.2) is 4.79 Å². The topological polar surface area (TPSA) is 37.3 Å². The normalized spacial score (nSPS) is 10.6. The summed E-state index contributed by atoms with van der Waals surface area (Å²) >= 11 is 0. The van der Waals surface area contributed by atoms with Gasteiger partial charge in [-0.15, -0.1) is 0 Å². The standard InChI is InChI=1S/4C18H15P.C17H18O2.Pd/c4*1-4-10-16(11-5-1)19(17-12-6-2-7-13-17)18-14-8-3-9-15-18;1-17(2,3)13-10-8-12(9-11-13)14-6-4-5-7-15(14)16(18)19;/h4*1-15H;4-11H,1-3H3,(H,18,19);. The number of benzene rings is 14. The molecule has 14 rings (SSSR count). The van der Waals surface area contributed by atoms with Gasteiger partial charge in [-0.1, -0.05) is 427 Å². The Morgan fingerprint density at radius 1 is 0.229 bits per heavy atom. The summed E-state index contributed by atoms with van der Waals surface area (Å²) in [5, 5.41) is 26.0. The molecule has 2 nitrogen and oxygen atoms in total. The van der Waals surface area contributed by atoms with Gasteiger partial charge in [0.2, 0.25) is 0 Å². The van der Waals surface area contributed by atoms with Crippen LogP contribution in [0.1, 0.15) is 36.7 Å². The van der Waals surface area contributed by atoms with Crippen LogP contribution in [-0.2, 0) is 25.8 Å². The second kappa shape index (κ2) is 37.9. The van der Waals surface area contributed by atoms with Gasteiger partial charge in [0.25, 0.3) is 0 Å². The van der Waals surface area contributed by atoms with Crippen LogP contribution in [0.3, 0.4) is 0 Å². The number of carboxylic acids is 1. The molecule has 0 aliphatic rings. The average molecular weight is 1410 g/mol. The maximum absolute atomic E-state index is 11.2. The number of hydrogen-bond donors (Lipinski definition) is 1. The van der Waals surface area contributed by atoms with Crippen molar-refractivity contribution >= 4 is 101 Å². The number of aromatic carboxylic acids is 1. The Morgan fingerprint density at radius 2 is 0.385 bits per heavy atom. The van der Waals surface area contributed by atoms with Gasteiger partial charge < -0.3 is 5.11 Å². The Balaban J connectivity index is 0.000000140. The van der Waals surface area contributed by atoms with E-state index < -0.39 is 37.7 Å². The molecule has 0 bridgehead atoms. The van der Waals surface area contributed by atoms with Gasteiger partial charge in [-0.05, 0) is 124 Å². The fourth-order valence-corrected chi connectivity index (χ4v) is 20.0. The summed E-state index contributed by atoms with van der Waals surface area (Å²) in [6.07, 6.45) is 0. The molecule has 96 heavy (non-hydrogen) atoms. The molecule has 0 saturated carbocycles. The maximum atomic E-state index is 11.2. The van der Waals surface area contributed by atoms with Crippen LogP contribution in [0.5, 0.6) is 0 Å². The Bertz CT molecular complexity index is 3580. The number of hydrogen-bond acceptors (Lipinski definition) is 1. The number of rotatable bonds is 14. The first-order valence-electron chi connectivity index (χ1n) is 31.9. The molecule has 476 valence electrons. The molecular formula is C89H78O2P4Pd. The van der Waals surface area contributed by atoms with Crippen molar-refractivity contribution < 1.29 is 30.3 Å². The molecule has 0 saturated heterocycles. The zero-order valence-corrected chi connectivity index (χ0v) is 59.4. The molecule has 14 aromatic carbocycles. The third-order valence-corrected chi connectivity index (χ3v) is 25.2. The summed E-state index contributed by atoms with van der Waals surface area (Å²) in [6, 6.07) is 144. The number of carboxylic acid groups (broad SMARTS) is 1. The van der Waals surface area contributed by atoms with Crippen LogP contribution >= 0.6 is 31.7 Å².